The van der Waals surface area contributed by atoms with Crippen LogP contribution < -0.4 is 14.2 Å². The van der Waals surface area contributed by atoms with Crippen molar-refractivity contribution in [1.29, 1.82) is 0 Å². The van der Waals surface area contributed by atoms with Gasteiger partial charge in [0.1, 0.15) is 17.6 Å². The topological polar surface area (TPSA) is 108 Å². The summed E-state index contributed by atoms with van der Waals surface area (Å²) in [7, 11) is -0.261. The van der Waals surface area contributed by atoms with Crippen molar-refractivity contribution in [2.45, 2.75) is 63.0 Å². The molecule has 1 aliphatic heterocycles. The van der Waals surface area contributed by atoms with E-state index < -0.39 is 16.1 Å². The first-order valence-electron chi connectivity index (χ1n) is 14.2. The van der Waals surface area contributed by atoms with Crippen LogP contribution in [-0.2, 0) is 10.0 Å². The first-order chi connectivity index (χ1) is 19.1. The smallest absolute Gasteiger partial charge is 0.261 e. The van der Waals surface area contributed by atoms with Crippen LogP contribution in [0.15, 0.2) is 47.4 Å². The number of fused-ring (bicyclic) bond motifs is 1. The van der Waals surface area contributed by atoms with E-state index >= 15 is 0 Å². The number of nitrogens with zero attached hydrogens (tertiary/aromatic N) is 2. The van der Waals surface area contributed by atoms with Gasteiger partial charge >= 0.3 is 0 Å². The lowest BCUT2D eigenvalue weighted by atomic mass is 9.89. The van der Waals surface area contributed by atoms with Crippen molar-refractivity contribution in [3.8, 4) is 11.5 Å². The lowest BCUT2D eigenvalue weighted by Crippen LogP contribution is -2.50. The molecule has 10 heteroatoms. The van der Waals surface area contributed by atoms with Gasteiger partial charge in [-0.15, -0.1) is 0 Å². The molecule has 0 unspecified atom stereocenters. The van der Waals surface area contributed by atoms with Crippen molar-refractivity contribution in [2.75, 3.05) is 45.1 Å². The Balaban J connectivity index is 1.59. The molecule has 0 aromatic heterocycles. The number of anilines is 1. The molecule has 2 aliphatic rings. The van der Waals surface area contributed by atoms with Crippen LogP contribution in [0.4, 0.5) is 5.69 Å². The number of nitrogens with one attached hydrogen (secondary N) is 1. The predicted molar refractivity (Wildman–Crippen MR) is 155 cm³/mol. The Bertz CT molecular complexity index is 1250. The van der Waals surface area contributed by atoms with Gasteiger partial charge in [-0.2, -0.15) is 0 Å². The van der Waals surface area contributed by atoms with Crippen LogP contribution in [0.1, 0.15) is 56.3 Å². The fourth-order valence-corrected chi connectivity index (χ4v) is 6.71. The van der Waals surface area contributed by atoms with Crippen LogP contribution in [0, 0.1) is 11.8 Å². The number of benzene rings is 2. The fraction of sp³-hybridized carbons (Fsp3) is 0.567. The number of aliphatic hydroxyl groups is 1. The second-order valence-corrected chi connectivity index (χ2v) is 13.0. The van der Waals surface area contributed by atoms with Gasteiger partial charge in [-0.3, -0.25) is 9.52 Å². The van der Waals surface area contributed by atoms with E-state index in [1.54, 1.807) is 29.2 Å². The summed E-state index contributed by atoms with van der Waals surface area (Å²) >= 11 is 0. The van der Waals surface area contributed by atoms with Crippen molar-refractivity contribution in [1.82, 2.24) is 9.80 Å². The van der Waals surface area contributed by atoms with Crippen molar-refractivity contribution in [2.24, 2.45) is 11.8 Å². The summed E-state index contributed by atoms with van der Waals surface area (Å²) in [6.45, 7) is 5.85. The van der Waals surface area contributed by atoms with Crippen LogP contribution in [0.25, 0.3) is 0 Å². The number of hydrogen-bond acceptors (Lipinski definition) is 7. The molecule has 4 rings (SSSR count). The second kappa shape index (κ2) is 13.2. The van der Waals surface area contributed by atoms with Gasteiger partial charge in [-0.1, -0.05) is 26.2 Å². The average Bonchev–Trinajstić information content (AvgIpc) is 2.95. The normalized spacial score (nSPS) is 21.2. The predicted octanol–water partition coefficient (Wildman–Crippen LogP) is 4.23. The maximum absolute atomic E-state index is 13.7. The Kier molecular flexibility index (Phi) is 9.97. The molecule has 40 heavy (non-hydrogen) atoms. The van der Waals surface area contributed by atoms with Crippen LogP contribution in [0.3, 0.4) is 0 Å². The van der Waals surface area contributed by atoms with Gasteiger partial charge in [-0.05, 0) is 75.2 Å². The minimum Gasteiger partial charge on any atom is -0.497 e. The van der Waals surface area contributed by atoms with Crippen molar-refractivity contribution >= 4 is 21.6 Å². The molecule has 0 spiro atoms. The molecule has 1 fully saturated rings. The third-order valence-corrected chi connectivity index (χ3v) is 9.47. The molecule has 220 valence electrons. The quantitative estimate of drug-likeness (QED) is 0.438. The summed E-state index contributed by atoms with van der Waals surface area (Å²) < 4.78 is 40.3. The molecule has 0 radical (unpaired) electrons. The zero-order valence-corrected chi connectivity index (χ0v) is 24.8. The summed E-state index contributed by atoms with van der Waals surface area (Å²) in [6, 6.07) is 10.5. The number of methoxy groups -OCH3 is 1. The summed E-state index contributed by atoms with van der Waals surface area (Å²) in [4.78, 5) is 17.8. The van der Waals surface area contributed by atoms with Gasteiger partial charge in [-0.25, -0.2) is 8.42 Å². The molecular formula is C30H43N3O6S. The van der Waals surface area contributed by atoms with Crippen LogP contribution >= 0.6 is 0 Å². The van der Waals surface area contributed by atoms with Gasteiger partial charge in [0.15, 0.2) is 0 Å². The lowest BCUT2D eigenvalue weighted by molar-refractivity contribution is 0.0330. The number of rotatable bonds is 10. The molecule has 0 saturated heterocycles. The maximum Gasteiger partial charge on any atom is 0.261 e. The summed E-state index contributed by atoms with van der Waals surface area (Å²) in [5.41, 5.74) is 0.518. The maximum atomic E-state index is 13.7. The van der Waals surface area contributed by atoms with Crippen LogP contribution in [0.2, 0.25) is 0 Å². The molecule has 1 amide bonds. The molecular weight excluding hydrogens is 530 g/mol. The number of hydrogen-bond donors (Lipinski definition) is 2. The fourth-order valence-electron chi connectivity index (χ4n) is 5.67. The Hall–Kier alpha value is -2.82. The second-order valence-electron chi connectivity index (χ2n) is 11.3. The SMILES string of the molecule is COc1ccc(S(=O)(=O)Nc2ccc3c(c2)C(=O)N([C@H](C)CO)C[C@@H](C)[C@H](CN(C)CC2CCCCC2)O3)cc1. The minimum atomic E-state index is -3.90. The zero-order chi connectivity index (χ0) is 28.9. The van der Waals surface area contributed by atoms with E-state index in [1.807, 2.05) is 6.92 Å². The molecule has 2 aromatic rings. The number of aliphatic hydroxyl groups excluding tert-OH is 1. The van der Waals surface area contributed by atoms with Gasteiger partial charge < -0.3 is 24.4 Å². The monoisotopic (exact) mass is 573 g/mol. The molecule has 1 saturated carbocycles. The zero-order valence-electron chi connectivity index (χ0n) is 24.0. The summed E-state index contributed by atoms with van der Waals surface area (Å²) in [5, 5.41) is 9.93. The molecule has 1 aliphatic carbocycles. The standard InChI is InChI=1S/C30H43N3O6S/c1-21-17-33(22(2)20-34)30(35)27-16-24(31-40(36,37)26-13-11-25(38-4)12-14-26)10-15-28(27)39-29(21)19-32(3)18-23-8-6-5-7-9-23/h10-16,21-23,29,31,34H,5-9,17-20H2,1-4H3/t21-,22-,29+/m1/s1. The average molecular weight is 574 g/mol. The van der Waals surface area contributed by atoms with Crippen LogP contribution in [0.5, 0.6) is 11.5 Å². The molecule has 1 heterocycles. The third kappa shape index (κ3) is 7.27. The summed E-state index contributed by atoms with van der Waals surface area (Å²) in [5.74, 6) is 1.38. The molecule has 0 bridgehead atoms. The van der Waals surface area contributed by atoms with Crippen molar-refractivity contribution in [3.05, 3.63) is 48.0 Å². The van der Waals surface area contributed by atoms with Gasteiger partial charge in [0.25, 0.3) is 15.9 Å². The highest BCUT2D eigenvalue weighted by molar-refractivity contribution is 7.92. The first-order valence-corrected chi connectivity index (χ1v) is 15.7. The molecule has 2 N–H and O–H groups in total. The highest BCUT2D eigenvalue weighted by atomic mass is 32.2. The Morgan fingerprint density at radius 3 is 2.48 bits per heavy atom. The third-order valence-electron chi connectivity index (χ3n) is 8.07. The van der Waals surface area contributed by atoms with E-state index in [4.69, 9.17) is 9.47 Å². The Morgan fingerprint density at radius 2 is 1.82 bits per heavy atom. The first kappa shape index (κ1) is 30.1. The van der Waals surface area contributed by atoms with Gasteiger partial charge in [0.2, 0.25) is 0 Å². The highest BCUT2D eigenvalue weighted by Crippen LogP contribution is 2.32. The van der Waals surface area contributed by atoms with E-state index in [-0.39, 0.29) is 40.7 Å². The van der Waals surface area contributed by atoms with Gasteiger partial charge in [0, 0.05) is 31.2 Å². The largest absolute Gasteiger partial charge is 0.497 e. The minimum absolute atomic E-state index is 0.0214. The molecule has 2 aromatic carbocycles. The Labute approximate surface area is 238 Å². The number of ether oxygens (including phenoxy) is 2. The highest BCUT2D eigenvalue weighted by Gasteiger charge is 2.34. The van der Waals surface area contributed by atoms with E-state index in [0.29, 0.717) is 30.5 Å². The number of carbonyl (C=O) groups is 1. The van der Waals surface area contributed by atoms with E-state index in [2.05, 4.69) is 23.6 Å². The Morgan fingerprint density at radius 1 is 1.12 bits per heavy atom. The van der Waals surface area contributed by atoms with E-state index in [0.717, 1.165) is 6.54 Å². The van der Waals surface area contributed by atoms with E-state index in [1.165, 1.54) is 57.4 Å². The van der Waals surface area contributed by atoms with Gasteiger partial charge in [0.05, 0.1) is 30.2 Å². The van der Waals surface area contributed by atoms with Crippen molar-refractivity contribution in [3.63, 3.8) is 0 Å². The molecule has 3 atom stereocenters. The van der Waals surface area contributed by atoms with Crippen LogP contribution in [-0.4, -0.2) is 81.8 Å². The molecule has 9 nitrogen and oxygen atoms in total. The van der Waals surface area contributed by atoms with Crippen molar-refractivity contribution < 1.29 is 27.8 Å². The number of amides is 1. The van der Waals surface area contributed by atoms with E-state index in [9.17, 15) is 18.3 Å². The number of carbonyl (C=O) groups excluding carboxylic acids is 1. The lowest BCUT2D eigenvalue weighted by Gasteiger charge is -2.38. The number of likely N-dealkylation sites (N-methyl/N-ethyl adjacent to an activating group) is 1. The summed E-state index contributed by atoms with van der Waals surface area (Å²) in [6.07, 6.45) is 6.26. The number of sulfonamides is 1.